The monoisotopic (exact) mass is 221 g/mol. The fourth-order valence-corrected chi connectivity index (χ4v) is 4.86. The number of fused-ring (bicyclic) bond motifs is 2. The van der Waals surface area contributed by atoms with Crippen molar-refractivity contribution in [3.63, 3.8) is 0 Å². The molecule has 0 aromatic carbocycles. The predicted molar refractivity (Wildman–Crippen MR) is 68.4 cm³/mol. The van der Waals surface area contributed by atoms with Gasteiger partial charge >= 0.3 is 0 Å². The average Bonchev–Trinajstić information content (AvgIpc) is 2.91. The van der Waals surface area contributed by atoms with E-state index in [-0.39, 0.29) is 0 Å². The van der Waals surface area contributed by atoms with Gasteiger partial charge in [0.25, 0.3) is 0 Å². The van der Waals surface area contributed by atoms with E-state index in [0.717, 1.165) is 29.7 Å². The second-order valence-electron chi connectivity index (χ2n) is 6.69. The van der Waals surface area contributed by atoms with Gasteiger partial charge in [-0.1, -0.05) is 19.3 Å². The van der Waals surface area contributed by atoms with E-state index in [1.165, 1.54) is 25.7 Å². The molecular weight excluding hydrogens is 194 g/mol. The van der Waals surface area contributed by atoms with Gasteiger partial charge in [-0.25, -0.2) is 0 Å². The first-order valence-electron chi connectivity index (χ1n) is 7.52. The molecule has 92 valence electrons. The molecule has 5 atom stereocenters. The summed E-state index contributed by atoms with van der Waals surface area (Å²) in [6.45, 7) is 0. The Kier molecular flexibility index (Phi) is 3.24. The van der Waals surface area contributed by atoms with Crippen molar-refractivity contribution in [3.05, 3.63) is 0 Å². The second kappa shape index (κ2) is 4.68. The Balaban J connectivity index is 1.51. The third-order valence-corrected chi connectivity index (χ3v) is 5.71. The van der Waals surface area contributed by atoms with Gasteiger partial charge in [-0.05, 0) is 69.2 Å². The summed E-state index contributed by atoms with van der Waals surface area (Å²) in [6.07, 6.45) is 13.7. The zero-order chi connectivity index (χ0) is 11.0. The van der Waals surface area contributed by atoms with E-state index in [1.807, 2.05) is 0 Å². The summed E-state index contributed by atoms with van der Waals surface area (Å²) in [6, 6.07) is 0.831. The van der Waals surface area contributed by atoms with Crippen LogP contribution in [-0.2, 0) is 0 Å². The molecule has 0 saturated heterocycles. The molecule has 16 heavy (non-hydrogen) atoms. The van der Waals surface area contributed by atoms with Gasteiger partial charge in [0.05, 0.1) is 0 Å². The molecule has 5 unspecified atom stereocenters. The molecule has 0 amide bonds. The molecule has 3 aliphatic rings. The summed E-state index contributed by atoms with van der Waals surface area (Å²) in [4.78, 5) is 0. The van der Waals surface area contributed by atoms with E-state index in [2.05, 4.69) is 12.4 Å². The zero-order valence-corrected chi connectivity index (χ0v) is 10.8. The van der Waals surface area contributed by atoms with Gasteiger partial charge in [0, 0.05) is 6.04 Å². The van der Waals surface area contributed by atoms with Gasteiger partial charge in [-0.15, -0.1) is 0 Å². The molecule has 3 rings (SSSR count). The summed E-state index contributed by atoms with van der Waals surface area (Å²) in [7, 11) is 2.14. The maximum absolute atomic E-state index is 3.49. The van der Waals surface area contributed by atoms with Crippen LogP contribution in [0.25, 0.3) is 0 Å². The summed E-state index contributed by atoms with van der Waals surface area (Å²) < 4.78 is 0. The van der Waals surface area contributed by atoms with Crippen LogP contribution in [0, 0.1) is 23.7 Å². The highest BCUT2D eigenvalue weighted by Crippen LogP contribution is 2.51. The van der Waals surface area contributed by atoms with Gasteiger partial charge in [-0.2, -0.15) is 0 Å². The van der Waals surface area contributed by atoms with Crippen LogP contribution in [-0.4, -0.2) is 13.1 Å². The zero-order valence-electron chi connectivity index (χ0n) is 10.8. The molecule has 1 nitrogen and oxygen atoms in total. The molecule has 2 bridgehead atoms. The Bertz CT molecular complexity index is 238. The lowest BCUT2D eigenvalue weighted by Gasteiger charge is -2.32. The maximum atomic E-state index is 3.49. The van der Waals surface area contributed by atoms with Crippen LogP contribution in [0.1, 0.15) is 57.8 Å². The van der Waals surface area contributed by atoms with Gasteiger partial charge in [-0.3, -0.25) is 0 Å². The standard InChI is InChI=1S/C15H27N/c1-16-15-4-2-3-11(10-15)8-14-9-12-5-6-13(14)7-12/h11-16H,2-10H2,1H3. The highest BCUT2D eigenvalue weighted by atomic mass is 14.9. The quantitative estimate of drug-likeness (QED) is 0.768. The molecule has 3 fully saturated rings. The molecule has 3 aliphatic carbocycles. The smallest absolute Gasteiger partial charge is 0.00667 e. The van der Waals surface area contributed by atoms with E-state index in [9.17, 15) is 0 Å². The van der Waals surface area contributed by atoms with Gasteiger partial charge < -0.3 is 5.32 Å². The summed E-state index contributed by atoms with van der Waals surface area (Å²) in [5, 5.41) is 3.49. The summed E-state index contributed by atoms with van der Waals surface area (Å²) in [5.74, 6) is 4.45. The molecule has 0 aromatic rings. The molecule has 1 N–H and O–H groups in total. The van der Waals surface area contributed by atoms with E-state index < -0.39 is 0 Å². The minimum Gasteiger partial charge on any atom is -0.317 e. The average molecular weight is 221 g/mol. The van der Waals surface area contributed by atoms with Crippen LogP contribution >= 0.6 is 0 Å². The summed E-state index contributed by atoms with van der Waals surface area (Å²) in [5.41, 5.74) is 0. The van der Waals surface area contributed by atoms with E-state index in [4.69, 9.17) is 0 Å². The molecule has 0 spiro atoms. The number of hydrogen-bond donors (Lipinski definition) is 1. The topological polar surface area (TPSA) is 12.0 Å². The summed E-state index contributed by atoms with van der Waals surface area (Å²) >= 11 is 0. The highest BCUT2D eigenvalue weighted by molar-refractivity contribution is 4.91. The highest BCUT2D eigenvalue weighted by Gasteiger charge is 2.40. The normalized spacial score (nSPS) is 47.4. The van der Waals surface area contributed by atoms with E-state index in [0.29, 0.717) is 0 Å². The van der Waals surface area contributed by atoms with Crippen LogP contribution in [0.5, 0.6) is 0 Å². The third-order valence-electron chi connectivity index (χ3n) is 5.71. The number of rotatable bonds is 3. The minimum absolute atomic E-state index is 0.831. The van der Waals surface area contributed by atoms with Crippen molar-refractivity contribution in [3.8, 4) is 0 Å². The van der Waals surface area contributed by atoms with Crippen LogP contribution < -0.4 is 5.32 Å². The van der Waals surface area contributed by atoms with Crippen molar-refractivity contribution in [2.75, 3.05) is 7.05 Å². The van der Waals surface area contributed by atoms with Crippen LogP contribution in [0.3, 0.4) is 0 Å². The van der Waals surface area contributed by atoms with Crippen molar-refractivity contribution < 1.29 is 0 Å². The second-order valence-corrected chi connectivity index (χ2v) is 6.69. The Morgan fingerprint density at radius 1 is 1.00 bits per heavy atom. The SMILES string of the molecule is CNC1CCCC(CC2CC3CCC2C3)C1. The fourth-order valence-electron chi connectivity index (χ4n) is 4.86. The molecular formula is C15H27N. The third kappa shape index (κ3) is 2.16. The van der Waals surface area contributed by atoms with Gasteiger partial charge in [0.1, 0.15) is 0 Å². The fraction of sp³-hybridized carbons (Fsp3) is 1.00. The Hall–Kier alpha value is -0.0400. The molecule has 0 radical (unpaired) electrons. The van der Waals surface area contributed by atoms with Crippen molar-refractivity contribution in [1.82, 2.24) is 5.32 Å². The van der Waals surface area contributed by atoms with Crippen molar-refractivity contribution in [2.45, 2.75) is 63.8 Å². The van der Waals surface area contributed by atoms with Gasteiger partial charge in [0.15, 0.2) is 0 Å². The number of nitrogens with one attached hydrogen (secondary N) is 1. The lowest BCUT2D eigenvalue weighted by atomic mass is 9.76. The van der Waals surface area contributed by atoms with Gasteiger partial charge in [0.2, 0.25) is 0 Å². The molecule has 0 aromatic heterocycles. The number of hydrogen-bond acceptors (Lipinski definition) is 1. The van der Waals surface area contributed by atoms with Crippen molar-refractivity contribution >= 4 is 0 Å². The van der Waals surface area contributed by atoms with Crippen LogP contribution in [0.2, 0.25) is 0 Å². The molecule has 0 heterocycles. The first-order chi connectivity index (χ1) is 7.85. The molecule has 1 heteroatoms. The first kappa shape index (κ1) is 11.1. The lowest BCUT2D eigenvalue weighted by molar-refractivity contribution is 0.210. The molecule has 3 saturated carbocycles. The predicted octanol–water partition coefficient (Wildman–Crippen LogP) is 3.59. The molecule has 0 aliphatic heterocycles. The van der Waals surface area contributed by atoms with E-state index >= 15 is 0 Å². The first-order valence-corrected chi connectivity index (χ1v) is 7.52. The maximum Gasteiger partial charge on any atom is 0.00667 e. The van der Waals surface area contributed by atoms with E-state index in [1.54, 1.807) is 32.1 Å². The van der Waals surface area contributed by atoms with Crippen LogP contribution in [0.4, 0.5) is 0 Å². The Labute approximate surface area is 100 Å². The minimum atomic E-state index is 0.831. The Morgan fingerprint density at radius 2 is 1.94 bits per heavy atom. The van der Waals surface area contributed by atoms with Crippen molar-refractivity contribution in [1.29, 1.82) is 0 Å². The lowest BCUT2D eigenvalue weighted by Crippen LogP contribution is -2.32. The largest absolute Gasteiger partial charge is 0.317 e. The Morgan fingerprint density at radius 3 is 2.62 bits per heavy atom. The van der Waals surface area contributed by atoms with Crippen LogP contribution in [0.15, 0.2) is 0 Å². The van der Waals surface area contributed by atoms with Crippen molar-refractivity contribution in [2.24, 2.45) is 23.7 Å².